The van der Waals surface area contributed by atoms with Gasteiger partial charge < -0.3 is 15.8 Å². The standard InChI is InChI=1S/C13H16N4O2/c1-8-10(7-17(2)16-8)15-13(18)12-9(14)5-4-6-11(12)19-3/h4-7H,14H2,1-3H3,(H,15,18). The van der Waals surface area contributed by atoms with Crippen molar-refractivity contribution in [3.63, 3.8) is 0 Å². The molecule has 3 N–H and O–H groups in total. The van der Waals surface area contributed by atoms with E-state index in [9.17, 15) is 4.79 Å². The molecule has 0 spiro atoms. The van der Waals surface area contributed by atoms with Crippen molar-refractivity contribution in [1.82, 2.24) is 9.78 Å². The molecule has 0 radical (unpaired) electrons. The molecule has 0 atom stereocenters. The van der Waals surface area contributed by atoms with Crippen molar-refractivity contribution in [2.24, 2.45) is 7.05 Å². The maximum atomic E-state index is 12.3. The van der Waals surface area contributed by atoms with Crippen molar-refractivity contribution in [1.29, 1.82) is 0 Å². The van der Waals surface area contributed by atoms with Crippen LogP contribution in [0.4, 0.5) is 11.4 Å². The first-order chi connectivity index (χ1) is 9.02. The highest BCUT2D eigenvalue weighted by molar-refractivity contribution is 6.09. The Balaban J connectivity index is 2.33. The highest BCUT2D eigenvalue weighted by Gasteiger charge is 2.17. The number of nitrogen functional groups attached to an aromatic ring is 1. The van der Waals surface area contributed by atoms with Crippen LogP contribution in [-0.4, -0.2) is 22.8 Å². The molecule has 0 aliphatic rings. The minimum atomic E-state index is -0.314. The van der Waals surface area contributed by atoms with E-state index in [-0.39, 0.29) is 5.91 Å². The highest BCUT2D eigenvalue weighted by Crippen LogP contribution is 2.25. The molecule has 0 saturated carbocycles. The van der Waals surface area contributed by atoms with Gasteiger partial charge in [-0.1, -0.05) is 6.07 Å². The van der Waals surface area contributed by atoms with Gasteiger partial charge in [0.2, 0.25) is 0 Å². The molecule has 2 rings (SSSR count). The number of aryl methyl sites for hydroxylation is 2. The lowest BCUT2D eigenvalue weighted by Gasteiger charge is -2.10. The number of benzene rings is 1. The fourth-order valence-corrected chi connectivity index (χ4v) is 1.87. The maximum Gasteiger partial charge on any atom is 0.261 e. The average Bonchev–Trinajstić information content (AvgIpc) is 2.67. The lowest BCUT2D eigenvalue weighted by molar-refractivity contribution is 0.102. The zero-order chi connectivity index (χ0) is 14.0. The first-order valence-electron chi connectivity index (χ1n) is 5.77. The van der Waals surface area contributed by atoms with Crippen LogP contribution in [0.1, 0.15) is 16.1 Å². The minimum absolute atomic E-state index is 0.314. The van der Waals surface area contributed by atoms with Crippen LogP contribution in [0.2, 0.25) is 0 Å². The lowest BCUT2D eigenvalue weighted by atomic mass is 10.1. The molecule has 0 unspecified atom stereocenters. The topological polar surface area (TPSA) is 82.2 Å². The van der Waals surface area contributed by atoms with E-state index in [1.54, 1.807) is 36.1 Å². The number of ether oxygens (including phenoxy) is 1. The number of methoxy groups -OCH3 is 1. The normalized spacial score (nSPS) is 10.3. The Bertz CT molecular complexity index is 619. The summed E-state index contributed by atoms with van der Waals surface area (Å²) in [6.07, 6.45) is 1.73. The number of hydrogen-bond acceptors (Lipinski definition) is 4. The number of nitrogens with two attached hydrogens (primary N) is 1. The van der Waals surface area contributed by atoms with Crippen molar-refractivity contribution in [2.75, 3.05) is 18.2 Å². The predicted molar refractivity (Wildman–Crippen MR) is 73.3 cm³/mol. The third kappa shape index (κ3) is 2.52. The quantitative estimate of drug-likeness (QED) is 0.821. The monoisotopic (exact) mass is 260 g/mol. The number of nitrogens with zero attached hydrogens (tertiary/aromatic N) is 2. The van der Waals surface area contributed by atoms with Gasteiger partial charge in [0.05, 0.1) is 18.5 Å². The Hall–Kier alpha value is -2.50. The van der Waals surface area contributed by atoms with E-state index in [1.807, 2.05) is 6.92 Å². The van der Waals surface area contributed by atoms with Crippen LogP contribution in [-0.2, 0) is 7.05 Å². The number of carbonyl (C=O) groups is 1. The Morgan fingerprint density at radius 3 is 2.79 bits per heavy atom. The fourth-order valence-electron chi connectivity index (χ4n) is 1.87. The minimum Gasteiger partial charge on any atom is -0.496 e. The first kappa shape index (κ1) is 12.9. The van der Waals surface area contributed by atoms with Gasteiger partial charge in [-0.2, -0.15) is 5.10 Å². The van der Waals surface area contributed by atoms with Crippen LogP contribution in [0.25, 0.3) is 0 Å². The second kappa shape index (κ2) is 5.01. The molecular formula is C13H16N4O2. The van der Waals surface area contributed by atoms with Crippen molar-refractivity contribution >= 4 is 17.3 Å². The summed E-state index contributed by atoms with van der Waals surface area (Å²) in [5.41, 5.74) is 7.92. The Morgan fingerprint density at radius 1 is 1.47 bits per heavy atom. The third-order valence-electron chi connectivity index (χ3n) is 2.77. The van der Waals surface area contributed by atoms with Gasteiger partial charge in [-0.15, -0.1) is 0 Å². The summed E-state index contributed by atoms with van der Waals surface area (Å²) < 4.78 is 6.79. The molecule has 0 bridgehead atoms. The van der Waals surface area contributed by atoms with Crippen LogP contribution in [0, 0.1) is 6.92 Å². The van der Waals surface area contributed by atoms with E-state index in [0.29, 0.717) is 22.7 Å². The Morgan fingerprint density at radius 2 is 2.21 bits per heavy atom. The lowest BCUT2D eigenvalue weighted by Crippen LogP contribution is -2.15. The van der Waals surface area contributed by atoms with Crippen molar-refractivity contribution in [3.05, 3.63) is 35.7 Å². The molecule has 2 aromatic rings. The van der Waals surface area contributed by atoms with Crippen LogP contribution in [0.15, 0.2) is 24.4 Å². The number of anilines is 2. The molecule has 1 aromatic carbocycles. The maximum absolute atomic E-state index is 12.3. The van der Waals surface area contributed by atoms with E-state index in [4.69, 9.17) is 10.5 Å². The summed E-state index contributed by atoms with van der Waals surface area (Å²) in [7, 11) is 3.29. The molecule has 1 amide bonds. The van der Waals surface area contributed by atoms with Crippen LogP contribution in [0.3, 0.4) is 0 Å². The summed E-state index contributed by atoms with van der Waals surface area (Å²) >= 11 is 0. The van der Waals surface area contributed by atoms with Crippen molar-refractivity contribution in [2.45, 2.75) is 6.92 Å². The van der Waals surface area contributed by atoms with Gasteiger partial charge in [0.25, 0.3) is 5.91 Å². The Labute approximate surface area is 111 Å². The van der Waals surface area contributed by atoms with Crippen LogP contribution >= 0.6 is 0 Å². The summed E-state index contributed by atoms with van der Waals surface area (Å²) in [5.74, 6) is 0.130. The molecule has 0 fully saturated rings. The van der Waals surface area contributed by atoms with Crippen molar-refractivity contribution < 1.29 is 9.53 Å². The van der Waals surface area contributed by atoms with E-state index < -0.39 is 0 Å². The van der Waals surface area contributed by atoms with Crippen molar-refractivity contribution in [3.8, 4) is 5.75 Å². The predicted octanol–water partition coefficient (Wildman–Crippen LogP) is 1.57. The summed E-state index contributed by atoms with van der Waals surface area (Å²) in [6.45, 7) is 1.82. The SMILES string of the molecule is COc1cccc(N)c1C(=O)Nc1cn(C)nc1C. The zero-order valence-electron chi connectivity index (χ0n) is 11.1. The number of carbonyl (C=O) groups excluding carboxylic acids is 1. The molecule has 19 heavy (non-hydrogen) atoms. The zero-order valence-corrected chi connectivity index (χ0v) is 11.1. The summed E-state index contributed by atoms with van der Waals surface area (Å²) in [4.78, 5) is 12.3. The molecule has 0 saturated heterocycles. The highest BCUT2D eigenvalue weighted by atomic mass is 16.5. The smallest absolute Gasteiger partial charge is 0.261 e. The molecule has 100 valence electrons. The van der Waals surface area contributed by atoms with E-state index in [2.05, 4.69) is 10.4 Å². The molecule has 1 heterocycles. The van der Waals surface area contributed by atoms with Crippen LogP contribution < -0.4 is 15.8 Å². The summed E-state index contributed by atoms with van der Waals surface area (Å²) in [5, 5.41) is 6.94. The van der Waals surface area contributed by atoms with Gasteiger partial charge in [0.1, 0.15) is 11.3 Å². The van der Waals surface area contributed by atoms with Gasteiger partial charge >= 0.3 is 0 Å². The number of hydrogen-bond donors (Lipinski definition) is 2. The first-order valence-corrected chi connectivity index (χ1v) is 5.77. The number of rotatable bonds is 3. The number of nitrogens with one attached hydrogen (secondary N) is 1. The number of amides is 1. The molecule has 6 nitrogen and oxygen atoms in total. The molecule has 0 aliphatic heterocycles. The second-order valence-electron chi connectivity index (χ2n) is 4.18. The van der Waals surface area contributed by atoms with Crippen LogP contribution in [0.5, 0.6) is 5.75 Å². The van der Waals surface area contributed by atoms with E-state index in [0.717, 1.165) is 5.69 Å². The van der Waals surface area contributed by atoms with Gasteiger partial charge in [0, 0.05) is 18.9 Å². The van der Waals surface area contributed by atoms with Gasteiger partial charge in [0.15, 0.2) is 0 Å². The fraction of sp³-hybridized carbons (Fsp3) is 0.231. The molecule has 0 aliphatic carbocycles. The Kier molecular flexibility index (Phi) is 3.41. The van der Waals surface area contributed by atoms with E-state index in [1.165, 1.54) is 7.11 Å². The average molecular weight is 260 g/mol. The molecule has 6 heteroatoms. The molecular weight excluding hydrogens is 244 g/mol. The second-order valence-corrected chi connectivity index (χ2v) is 4.18. The summed E-state index contributed by atoms with van der Waals surface area (Å²) in [6, 6.07) is 5.09. The largest absolute Gasteiger partial charge is 0.496 e. The number of aromatic nitrogens is 2. The van der Waals surface area contributed by atoms with E-state index >= 15 is 0 Å². The third-order valence-corrected chi connectivity index (χ3v) is 2.77. The van der Waals surface area contributed by atoms with Gasteiger partial charge in [-0.05, 0) is 19.1 Å². The van der Waals surface area contributed by atoms with Gasteiger partial charge in [-0.3, -0.25) is 9.48 Å². The van der Waals surface area contributed by atoms with Gasteiger partial charge in [-0.25, -0.2) is 0 Å². The molecule has 1 aromatic heterocycles.